The van der Waals surface area contributed by atoms with Gasteiger partial charge in [0.15, 0.2) is 11.6 Å². The van der Waals surface area contributed by atoms with Crippen LogP contribution in [-0.2, 0) is 0 Å². The minimum absolute atomic E-state index is 0.282. The van der Waals surface area contributed by atoms with Crippen molar-refractivity contribution in [3.63, 3.8) is 0 Å². The van der Waals surface area contributed by atoms with Crippen molar-refractivity contribution in [2.24, 2.45) is 5.92 Å². The Hall–Kier alpha value is -0.640. The van der Waals surface area contributed by atoms with Crippen molar-refractivity contribution in [3.05, 3.63) is 22.6 Å². The Balaban J connectivity index is 2.69. The normalized spacial score (nSPS) is 10.8. The van der Waals surface area contributed by atoms with Gasteiger partial charge < -0.3 is 4.90 Å². The van der Waals surface area contributed by atoms with Crippen LogP contribution in [0.1, 0.15) is 20.3 Å². The third-order valence-electron chi connectivity index (χ3n) is 2.19. The van der Waals surface area contributed by atoms with Gasteiger partial charge in [-0.05, 0) is 34.3 Å². The van der Waals surface area contributed by atoms with E-state index >= 15 is 0 Å². The molecule has 0 amide bonds. The second-order valence-electron chi connectivity index (χ2n) is 4.06. The summed E-state index contributed by atoms with van der Waals surface area (Å²) in [6.07, 6.45) is 2.65. The Morgan fingerprint density at radius 1 is 1.53 bits per heavy atom. The molecule has 0 aromatic carbocycles. The lowest BCUT2D eigenvalue weighted by Crippen LogP contribution is -2.22. The fourth-order valence-corrected chi connectivity index (χ4v) is 1.55. The van der Waals surface area contributed by atoms with Crippen LogP contribution < -0.4 is 4.90 Å². The molecule has 0 N–H and O–H groups in total. The minimum Gasteiger partial charge on any atom is -0.357 e. The molecule has 0 aliphatic carbocycles. The molecule has 1 aromatic heterocycles. The Kier molecular flexibility index (Phi) is 4.51. The summed E-state index contributed by atoms with van der Waals surface area (Å²) in [5.74, 6) is 0.750. The van der Waals surface area contributed by atoms with E-state index in [0.717, 1.165) is 13.0 Å². The Morgan fingerprint density at radius 3 is 2.73 bits per heavy atom. The Morgan fingerprint density at radius 2 is 2.20 bits per heavy atom. The molecule has 0 atom stereocenters. The van der Waals surface area contributed by atoms with Gasteiger partial charge in [-0.25, -0.2) is 9.37 Å². The highest BCUT2D eigenvalue weighted by Gasteiger charge is 2.09. The second-order valence-corrected chi connectivity index (χ2v) is 4.98. The van der Waals surface area contributed by atoms with Crippen LogP contribution in [-0.4, -0.2) is 18.6 Å². The monoisotopic (exact) mass is 274 g/mol. The Labute approximate surface area is 98.6 Å². The molecule has 0 radical (unpaired) electrons. The molecule has 4 heteroatoms. The first-order valence-electron chi connectivity index (χ1n) is 5.03. The van der Waals surface area contributed by atoms with Crippen molar-refractivity contribution in [3.8, 4) is 0 Å². The third-order valence-corrected chi connectivity index (χ3v) is 2.63. The molecule has 0 saturated carbocycles. The molecule has 0 aliphatic rings. The van der Waals surface area contributed by atoms with Crippen molar-refractivity contribution in [1.82, 2.24) is 4.98 Å². The summed E-state index contributed by atoms with van der Waals surface area (Å²) >= 11 is 3.19. The van der Waals surface area contributed by atoms with Crippen LogP contribution >= 0.6 is 15.9 Å². The highest BCUT2D eigenvalue weighted by molar-refractivity contribution is 9.10. The average Bonchev–Trinajstić information content (AvgIpc) is 2.14. The number of aromatic nitrogens is 1. The number of halogens is 2. The van der Waals surface area contributed by atoms with Crippen LogP contribution in [0.4, 0.5) is 10.2 Å². The molecule has 0 aliphatic heterocycles. The lowest BCUT2D eigenvalue weighted by Gasteiger charge is -2.19. The van der Waals surface area contributed by atoms with E-state index < -0.39 is 0 Å². The number of nitrogens with zero attached hydrogens (tertiary/aromatic N) is 2. The molecule has 84 valence electrons. The summed E-state index contributed by atoms with van der Waals surface area (Å²) in [5, 5.41) is 0. The average molecular weight is 275 g/mol. The van der Waals surface area contributed by atoms with Gasteiger partial charge in [0, 0.05) is 24.3 Å². The fourth-order valence-electron chi connectivity index (χ4n) is 1.25. The van der Waals surface area contributed by atoms with E-state index in [1.807, 2.05) is 11.9 Å². The highest BCUT2D eigenvalue weighted by Crippen LogP contribution is 2.19. The second kappa shape index (κ2) is 5.45. The summed E-state index contributed by atoms with van der Waals surface area (Å²) in [6, 6.07) is 1.44. The quantitative estimate of drug-likeness (QED) is 0.836. The molecule has 2 nitrogen and oxygen atoms in total. The van der Waals surface area contributed by atoms with Crippen LogP contribution in [0.25, 0.3) is 0 Å². The zero-order valence-corrected chi connectivity index (χ0v) is 10.9. The first kappa shape index (κ1) is 12.4. The first-order valence-corrected chi connectivity index (χ1v) is 5.82. The fraction of sp³-hybridized carbons (Fsp3) is 0.545. The number of hydrogen-bond acceptors (Lipinski definition) is 2. The van der Waals surface area contributed by atoms with Gasteiger partial charge in [0.25, 0.3) is 0 Å². The molecule has 1 heterocycles. The summed E-state index contributed by atoms with van der Waals surface area (Å²) in [5.41, 5.74) is 0. The lowest BCUT2D eigenvalue weighted by atomic mass is 10.1. The minimum atomic E-state index is -0.282. The SMILES string of the molecule is CC(C)CCN(C)c1ncc(Br)cc1F. The van der Waals surface area contributed by atoms with Crippen LogP contribution in [0.3, 0.4) is 0 Å². The van der Waals surface area contributed by atoms with E-state index in [-0.39, 0.29) is 5.82 Å². The molecule has 0 unspecified atom stereocenters. The van der Waals surface area contributed by atoms with Gasteiger partial charge in [0.05, 0.1) is 0 Å². The van der Waals surface area contributed by atoms with Crippen LogP contribution in [0.15, 0.2) is 16.7 Å². The molecule has 15 heavy (non-hydrogen) atoms. The zero-order valence-electron chi connectivity index (χ0n) is 9.30. The summed E-state index contributed by atoms with van der Waals surface area (Å²) in [7, 11) is 1.86. The van der Waals surface area contributed by atoms with Crippen LogP contribution in [0, 0.1) is 11.7 Å². The van der Waals surface area contributed by atoms with E-state index in [0.29, 0.717) is 16.2 Å². The lowest BCUT2D eigenvalue weighted by molar-refractivity contribution is 0.570. The van der Waals surface area contributed by atoms with Gasteiger partial charge in [0.2, 0.25) is 0 Å². The summed E-state index contributed by atoms with van der Waals surface area (Å²) < 4.78 is 14.2. The predicted octanol–water partition coefficient (Wildman–Crippen LogP) is 3.47. The van der Waals surface area contributed by atoms with Crippen LogP contribution in [0.2, 0.25) is 0 Å². The number of pyridine rings is 1. The van der Waals surface area contributed by atoms with Gasteiger partial charge in [-0.1, -0.05) is 13.8 Å². The summed E-state index contributed by atoms with van der Waals surface area (Å²) in [4.78, 5) is 5.91. The number of anilines is 1. The largest absolute Gasteiger partial charge is 0.357 e. The maximum Gasteiger partial charge on any atom is 0.166 e. The topological polar surface area (TPSA) is 16.1 Å². The Bertz CT molecular complexity index is 328. The molecule has 0 fully saturated rings. The van der Waals surface area contributed by atoms with E-state index in [1.165, 1.54) is 6.07 Å². The number of hydrogen-bond donors (Lipinski definition) is 0. The molecule has 0 spiro atoms. The van der Waals surface area contributed by atoms with E-state index in [2.05, 4.69) is 34.8 Å². The first-order chi connectivity index (χ1) is 7.00. The molecule has 1 rings (SSSR count). The smallest absolute Gasteiger partial charge is 0.166 e. The van der Waals surface area contributed by atoms with Gasteiger partial charge in [-0.3, -0.25) is 0 Å². The van der Waals surface area contributed by atoms with Gasteiger partial charge in [0.1, 0.15) is 0 Å². The standard InChI is InChI=1S/C11H16BrFN2/c1-8(2)4-5-15(3)11-10(13)6-9(12)7-14-11/h6-8H,4-5H2,1-3H3. The predicted molar refractivity (Wildman–Crippen MR) is 64.6 cm³/mol. The molecule has 0 bridgehead atoms. The van der Waals surface area contributed by atoms with E-state index in [4.69, 9.17) is 0 Å². The van der Waals surface area contributed by atoms with Gasteiger partial charge in [-0.15, -0.1) is 0 Å². The highest BCUT2D eigenvalue weighted by atomic mass is 79.9. The third kappa shape index (κ3) is 3.78. The van der Waals surface area contributed by atoms with E-state index in [9.17, 15) is 4.39 Å². The molecular formula is C11H16BrFN2. The van der Waals surface area contributed by atoms with Crippen molar-refractivity contribution in [2.45, 2.75) is 20.3 Å². The van der Waals surface area contributed by atoms with Crippen LogP contribution in [0.5, 0.6) is 0 Å². The molecular weight excluding hydrogens is 259 g/mol. The van der Waals surface area contributed by atoms with Crippen molar-refractivity contribution in [2.75, 3.05) is 18.5 Å². The zero-order chi connectivity index (χ0) is 11.4. The number of rotatable bonds is 4. The van der Waals surface area contributed by atoms with Crippen molar-refractivity contribution >= 4 is 21.7 Å². The summed E-state index contributed by atoms with van der Waals surface area (Å²) in [6.45, 7) is 5.13. The van der Waals surface area contributed by atoms with Crippen molar-refractivity contribution < 1.29 is 4.39 Å². The molecule has 0 saturated heterocycles. The maximum absolute atomic E-state index is 13.5. The van der Waals surface area contributed by atoms with Gasteiger partial charge in [-0.2, -0.15) is 0 Å². The van der Waals surface area contributed by atoms with E-state index in [1.54, 1.807) is 6.20 Å². The van der Waals surface area contributed by atoms with Gasteiger partial charge >= 0.3 is 0 Å². The maximum atomic E-state index is 13.5. The molecule has 1 aromatic rings. The van der Waals surface area contributed by atoms with Crippen molar-refractivity contribution in [1.29, 1.82) is 0 Å².